The van der Waals surface area contributed by atoms with Crippen LogP contribution in [0.2, 0.25) is 5.02 Å². The van der Waals surface area contributed by atoms with Crippen LogP contribution in [0.25, 0.3) is 0 Å². The number of nitriles is 1. The average molecular weight is 300 g/mol. The van der Waals surface area contributed by atoms with Crippen molar-refractivity contribution in [3.05, 3.63) is 68.1 Å². The van der Waals surface area contributed by atoms with E-state index in [1.165, 1.54) is 4.68 Å². The highest BCUT2D eigenvalue weighted by molar-refractivity contribution is 6.30. The number of aromatic nitrogens is 1. The molecule has 0 saturated carbocycles. The van der Waals surface area contributed by atoms with E-state index >= 15 is 0 Å². The third-order valence-corrected chi connectivity index (χ3v) is 3.44. The summed E-state index contributed by atoms with van der Waals surface area (Å²) < 4.78 is 1.26. The second-order valence-corrected chi connectivity index (χ2v) is 5.20. The first-order chi connectivity index (χ1) is 9.93. The van der Waals surface area contributed by atoms with Crippen LogP contribution in [-0.4, -0.2) is 10.4 Å². The number of nitrogens with zero attached hydrogens (tertiary/aromatic N) is 3. The predicted molar refractivity (Wildman–Crippen MR) is 84.0 cm³/mol. The Bertz CT molecular complexity index is 811. The lowest BCUT2D eigenvalue weighted by atomic mass is 10.1. The van der Waals surface area contributed by atoms with Crippen molar-refractivity contribution in [1.82, 2.24) is 4.68 Å². The fourth-order valence-corrected chi connectivity index (χ4v) is 2.17. The van der Waals surface area contributed by atoms with Crippen LogP contribution in [0.5, 0.6) is 0 Å². The van der Waals surface area contributed by atoms with Crippen LogP contribution < -0.4 is 5.56 Å². The summed E-state index contributed by atoms with van der Waals surface area (Å²) in [6.07, 6.45) is 0. The van der Waals surface area contributed by atoms with Gasteiger partial charge in [0.25, 0.3) is 5.56 Å². The molecule has 0 unspecified atom stereocenters. The van der Waals surface area contributed by atoms with Crippen molar-refractivity contribution in [2.45, 2.75) is 20.8 Å². The van der Waals surface area contributed by atoms with Gasteiger partial charge in [0.1, 0.15) is 11.6 Å². The molecule has 0 spiro atoms. The molecule has 1 aromatic carbocycles. The maximum Gasteiger partial charge on any atom is 0.289 e. The fourth-order valence-electron chi connectivity index (χ4n) is 2.04. The summed E-state index contributed by atoms with van der Waals surface area (Å²) in [4.78, 5) is 12.3. The Hall–Kier alpha value is -2.38. The zero-order chi connectivity index (χ0) is 15.6. The molecule has 0 atom stereocenters. The second kappa shape index (κ2) is 5.94. The Morgan fingerprint density at radius 2 is 1.90 bits per heavy atom. The van der Waals surface area contributed by atoms with Crippen molar-refractivity contribution >= 4 is 17.3 Å². The van der Waals surface area contributed by atoms with E-state index in [4.69, 9.17) is 16.9 Å². The summed E-state index contributed by atoms with van der Waals surface area (Å²) in [6, 6.07) is 10.9. The Morgan fingerprint density at radius 1 is 1.29 bits per heavy atom. The molecule has 21 heavy (non-hydrogen) atoms. The van der Waals surface area contributed by atoms with Crippen molar-refractivity contribution in [1.29, 1.82) is 5.26 Å². The van der Waals surface area contributed by atoms with Crippen LogP contribution in [0.3, 0.4) is 0 Å². The number of hydrogen-bond donors (Lipinski definition) is 0. The minimum absolute atomic E-state index is 0.119. The lowest BCUT2D eigenvalue weighted by Crippen LogP contribution is -2.23. The molecule has 4 nitrogen and oxygen atoms in total. The van der Waals surface area contributed by atoms with Gasteiger partial charge in [0.05, 0.1) is 5.71 Å². The molecule has 0 amide bonds. The molecule has 0 radical (unpaired) electrons. The number of hydrogen-bond acceptors (Lipinski definition) is 3. The Kier molecular flexibility index (Phi) is 4.25. The van der Waals surface area contributed by atoms with E-state index in [9.17, 15) is 4.79 Å². The molecule has 2 rings (SSSR count). The minimum Gasteiger partial charge on any atom is -0.266 e. The Balaban J connectivity index is 2.58. The van der Waals surface area contributed by atoms with E-state index < -0.39 is 5.56 Å². The summed E-state index contributed by atoms with van der Waals surface area (Å²) in [5, 5.41) is 14.0. The molecular weight excluding hydrogens is 286 g/mol. The molecule has 5 heteroatoms. The highest BCUT2D eigenvalue weighted by Crippen LogP contribution is 2.11. The van der Waals surface area contributed by atoms with Gasteiger partial charge in [0.15, 0.2) is 0 Å². The van der Waals surface area contributed by atoms with Gasteiger partial charge in [-0.2, -0.15) is 10.4 Å². The van der Waals surface area contributed by atoms with Crippen LogP contribution in [0.4, 0.5) is 0 Å². The smallest absolute Gasteiger partial charge is 0.266 e. The molecule has 0 aliphatic heterocycles. The first kappa shape index (κ1) is 15.0. The fraction of sp³-hybridized carbons (Fsp3) is 0.188. The minimum atomic E-state index is -0.400. The van der Waals surface area contributed by atoms with Crippen LogP contribution in [0.15, 0.2) is 40.2 Å². The van der Waals surface area contributed by atoms with Crippen molar-refractivity contribution < 1.29 is 0 Å². The van der Waals surface area contributed by atoms with Crippen molar-refractivity contribution in [3.8, 4) is 6.07 Å². The molecule has 0 aliphatic carbocycles. The Morgan fingerprint density at radius 3 is 2.48 bits per heavy atom. The standard InChI is InChI=1S/C16H14ClN3O/c1-10-8-11(2)20(16(21)15(10)9-18)19-12(3)13-4-6-14(17)7-5-13/h4-8H,1-3H3/b19-12+. The largest absolute Gasteiger partial charge is 0.289 e. The second-order valence-electron chi connectivity index (χ2n) is 4.76. The molecule has 0 N–H and O–H groups in total. The molecule has 2 aromatic rings. The highest BCUT2D eigenvalue weighted by Gasteiger charge is 2.10. The maximum absolute atomic E-state index is 12.3. The van der Waals surface area contributed by atoms with Gasteiger partial charge in [0, 0.05) is 10.7 Å². The summed E-state index contributed by atoms with van der Waals surface area (Å²) in [5.41, 5.74) is 2.60. The van der Waals surface area contributed by atoms with Crippen LogP contribution >= 0.6 is 11.6 Å². The summed E-state index contributed by atoms with van der Waals surface area (Å²) in [7, 11) is 0. The molecule has 0 bridgehead atoms. The van der Waals surface area contributed by atoms with E-state index in [-0.39, 0.29) is 5.56 Å². The zero-order valence-corrected chi connectivity index (χ0v) is 12.8. The van der Waals surface area contributed by atoms with Crippen molar-refractivity contribution in [2.24, 2.45) is 5.10 Å². The van der Waals surface area contributed by atoms with E-state index in [1.807, 2.05) is 18.2 Å². The summed E-state index contributed by atoms with van der Waals surface area (Å²) in [5.74, 6) is 0. The quantitative estimate of drug-likeness (QED) is 0.799. The van der Waals surface area contributed by atoms with Gasteiger partial charge in [-0.25, -0.2) is 4.68 Å². The average Bonchev–Trinajstić information content (AvgIpc) is 2.44. The van der Waals surface area contributed by atoms with E-state index in [1.54, 1.807) is 39.0 Å². The number of rotatable bonds is 2. The molecule has 0 fully saturated rings. The van der Waals surface area contributed by atoms with Gasteiger partial charge in [-0.05, 0) is 50.1 Å². The lowest BCUT2D eigenvalue weighted by molar-refractivity contribution is 0.781. The van der Waals surface area contributed by atoms with Gasteiger partial charge in [-0.1, -0.05) is 23.7 Å². The third kappa shape index (κ3) is 3.04. The molecule has 1 aromatic heterocycles. The van der Waals surface area contributed by atoms with Gasteiger partial charge < -0.3 is 0 Å². The van der Waals surface area contributed by atoms with Gasteiger partial charge in [-0.15, -0.1) is 0 Å². The van der Waals surface area contributed by atoms with Crippen LogP contribution in [0.1, 0.15) is 29.3 Å². The normalized spacial score (nSPS) is 11.3. The van der Waals surface area contributed by atoms with Crippen LogP contribution in [0, 0.1) is 25.2 Å². The van der Waals surface area contributed by atoms with E-state index in [2.05, 4.69) is 5.10 Å². The van der Waals surface area contributed by atoms with E-state index in [0.717, 1.165) is 5.56 Å². The first-order valence-electron chi connectivity index (χ1n) is 6.39. The molecule has 0 saturated heterocycles. The highest BCUT2D eigenvalue weighted by atomic mass is 35.5. The molecular formula is C16H14ClN3O. The third-order valence-electron chi connectivity index (χ3n) is 3.18. The van der Waals surface area contributed by atoms with Gasteiger partial charge in [-0.3, -0.25) is 4.79 Å². The van der Waals surface area contributed by atoms with E-state index in [0.29, 0.717) is 22.0 Å². The topological polar surface area (TPSA) is 58.1 Å². The van der Waals surface area contributed by atoms with Gasteiger partial charge >= 0.3 is 0 Å². The first-order valence-corrected chi connectivity index (χ1v) is 6.76. The monoisotopic (exact) mass is 299 g/mol. The predicted octanol–water partition coefficient (Wildman–Crippen LogP) is 3.26. The van der Waals surface area contributed by atoms with Gasteiger partial charge in [0.2, 0.25) is 0 Å². The van der Waals surface area contributed by atoms with Crippen molar-refractivity contribution in [2.75, 3.05) is 0 Å². The summed E-state index contributed by atoms with van der Waals surface area (Å²) in [6.45, 7) is 5.34. The number of halogens is 1. The number of pyridine rings is 1. The Labute approximate surface area is 127 Å². The molecule has 106 valence electrons. The lowest BCUT2D eigenvalue weighted by Gasteiger charge is -2.08. The maximum atomic E-state index is 12.3. The number of benzene rings is 1. The number of aryl methyl sites for hydroxylation is 2. The van der Waals surface area contributed by atoms with Crippen LogP contribution in [-0.2, 0) is 0 Å². The van der Waals surface area contributed by atoms with Crippen molar-refractivity contribution in [3.63, 3.8) is 0 Å². The summed E-state index contributed by atoms with van der Waals surface area (Å²) >= 11 is 5.85. The zero-order valence-electron chi connectivity index (χ0n) is 12.0. The molecule has 0 aliphatic rings. The molecule has 1 heterocycles. The SMILES string of the molecule is C/C(=N\n1c(C)cc(C)c(C#N)c1=O)c1ccc(Cl)cc1.